The van der Waals surface area contributed by atoms with Gasteiger partial charge in [-0.2, -0.15) is 0 Å². The minimum atomic E-state index is 0.359. The van der Waals surface area contributed by atoms with Crippen molar-refractivity contribution in [3.63, 3.8) is 0 Å². The van der Waals surface area contributed by atoms with Crippen LogP contribution in [0, 0.1) is 0 Å². The van der Waals surface area contributed by atoms with Crippen molar-refractivity contribution in [1.29, 1.82) is 0 Å². The molecule has 90 valence electrons. The maximum Gasteiger partial charge on any atom is 0.0591 e. The molecule has 0 aliphatic heterocycles. The fourth-order valence-electron chi connectivity index (χ4n) is 1.47. The lowest BCUT2D eigenvalue weighted by Crippen LogP contribution is -2.23. The fraction of sp³-hybridized carbons (Fsp3) is 0.615. The molecular formula is C13H22N2O. The van der Waals surface area contributed by atoms with Gasteiger partial charge in [-0.15, -0.1) is 0 Å². The summed E-state index contributed by atoms with van der Waals surface area (Å²) >= 11 is 0. The van der Waals surface area contributed by atoms with Gasteiger partial charge in [-0.3, -0.25) is 4.98 Å². The summed E-state index contributed by atoms with van der Waals surface area (Å²) in [5, 5.41) is 3.42. The van der Waals surface area contributed by atoms with Crippen LogP contribution in [0.25, 0.3) is 0 Å². The van der Waals surface area contributed by atoms with E-state index >= 15 is 0 Å². The molecule has 0 aliphatic carbocycles. The Balaban J connectivity index is 2.09. The molecule has 0 amide bonds. The topological polar surface area (TPSA) is 34.1 Å². The maximum absolute atomic E-state index is 5.49. The van der Waals surface area contributed by atoms with Gasteiger partial charge in [-0.1, -0.05) is 13.3 Å². The van der Waals surface area contributed by atoms with E-state index in [1.165, 1.54) is 12.0 Å². The lowest BCUT2D eigenvalue weighted by atomic mass is 10.1. The number of nitrogens with zero attached hydrogens (tertiary/aromatic N) is 1. The molecule has 1 aromatic heterocycles. The standard InChI is InChI=1S/C13H22N2O/c1-3-4-10-16-11-9-15-12(2)13-5-7-14-8-6-13/h5-8,12,15H,3-4,9-11H2,1-2H3/t12-/m1/s1. The fourth-order valence-corrected chi connectivity index (χ4v) is 1.47. The van der Waals surface area contributed by atoms with Crippen LogP contribution in [-0.4, -0.2) is 24.7 Å². The van der Waals surface area contributed by atoms with Crippen LogP contribution >= 0.6 is 0 Å². The minimum Gasteiger partial charge on any atom is -0.380 e. The van der Waals surface area contributed by atoms with Crippen LogP contribution < -0.4 is 5.32 Å². The smallest absolute Gasteiger partial charge is 0.0591 e. The van der Waals surface area contributed by atoms with Crippen molar-refractivity contribution in [2.24, 2.45) is 0 Å². The number of ether oxygens (including phenoxy) is 1. The number of hydrogen-bond acceptors (Lipinski definition) is 3. The van der Waals surface area contributed by atoms with E-state index in [4.69, 9.17) is 4.74 Å². The molecule has 1 atom stereocenters. The van der Waals surface area contributed by atoms with Crippen molar-refractivity contribution < 1.29 is 4.74 Å². The summed E-state index contributed by atoms with van der Waals surface area (Å²) < 4.78 is 5.49. The minimum absolute atomic E-state index is 0.359. The van der Waals surface area contributed by atoms with Gasteiger partial charge in [0.2, 0.25) is 0 Å². The molecule has 0 saturated heterocycles. The highest BCUT2D eigenvalue weighted by Gasteiger charge is 2.02. The number of rotatable bonds is 8. The molecule has 1 aromatic rings. The van der Waals surface area contributed by atoms with Crippen LogP contribution in [0.2, 0.25) is 0 Å². The lowest BCUT2D eigenvalue weighted by Gasteiger charge is -2.13. The van der Waals surface area contributed by atoms with E-state index in [0.717, 1.165) is 26.2 Å². The quantitative estimate of drug-likeness (QED) is 0.686. The average Bonchev–Trinajstić information content (AvgIpc) is 2.34. The van der Waals surface area contributed by atoms with E-state index < -0.39 is 0 Å². The van der Waals surface area contributed by atoms with Gasteiger partial charge >= 0.3 is 0 Å². The van der Waals surface area contributed by atoms with E-state index in [-0.39, 0.29) is 0 Å². The van der Waals surface area contributed by atoms with E-state index in [1.807, 2.05) is 24.5 Å². The molecular weight excluding hydrogens is 200 g/mol. The second-order valence-corrected chi connectivity index (χ2v) is 3.92. The average molecular weight is 222 g/mol. The van der Waals surface area contributed by atoms with Crippen molar-refractivity contribution in [1.82, 2.24) is 10.3 Å². The predicted octanol–water partition coefficient (Wildman–Crippen LogP) is 2.55. The Labute approximate surface area is 98.2 Å². The Bertz CT molecular complexity index is 264. The summed E-state index contributed by atoms with van der Waals surface area (Å²) in [6, 6.07) is 4.43. The number of aromatic nitrogens is 1. The molecule has 16 heavy (non-hydrogen) atoms. The van der Waals surface area contributed by atoms with Crippen LogP contribution in [-0.2, 0) is 4.74 Å². The highest BCUT2D eigenvalue weighted by Crippen LogP contribution is 2.09. The molecule has 3 heteroatoms. The van der Waals surface area contributed by atoms with Crippen LogP contribution in [0.15, 0.2) is 24.5 Å². The van der Waals surface area contributed by atoms with Crippen molar-refractivity contribution >= 4 is 0 Å². The van der Waals surface area contributed by atoms with Crippen LogP contribution in [0.4, 0.5) is 0 Å². The molecule has 0 aromatic carbocycles. The van der Waals surface area contributed by atoms with Crippen molar-refractivity contribution in [2.75, 3.05) is 19.8 Å². The first-order chi connectivity index (χ1) is 7.84. The molecule has 0 radical (unpaired) electrons. The normalized spacial score (nSPS) is 12.6. The zero-order valence-corrected chi connectivity index (χ0v) is 10.3. The predicted molar refractivity (Wildman–Crippen MR) is 66.4 cm³/mol. The first-order valence-corrected chi connectivity index (χ1v) is 6.05. The molecule has 1 rings (SSSR count). The number of pyridine rings is 1. The Morgan fingerprint density at radius 1 is 1.31 bits per heavy atom. The van der Waals surface area contributed by atoms with Gasteiger partial charge < -0.3 is 10.1 Å². The van der Waals surface area contributed by atoms with E-state index in [9.17, 15) is 0 Å². The third kappa shape index (κ3) is 5.24. The molecule has 0 unspecified atom stereocenters. The van der Waals surface area contributed by atoms with E-state index in [2.05, 4.69) is 24.1 Å². The Morgan fingerprint density at radius 2 is 2.06 bits per heavy atom. The highest BCUT2D eigenvalue weighted by molar-refractivity contribution is 5.13. The second kappa shape index (κ2) is 8.25. The summed E-state index contributed by atoms with van der Waals surface area (Å²) in [6.07, 6.45) is 6.00. The molecule has 0 fully saturated rings. The lowest BCUT2D eigenvalue weighted by molar-refractivity contribution is 0.131. The Morgan fingerprint density at radius 3 is 2.75 bits per heavy atom. The SMILES string of the molecule is CCCCOCCN[C@H](C)c1ccncc1. The number of unbranched alkanes of at least 4 members (excludes halogenated alkanes) is 1. The third-order valence-electron chi connectivity index (χ3n) is 2.55. The molecule has 3 nitrogen and oxygen atoms in total. The summed E-state index contributed by atoms with van der Waals surface area (Å²) in [4.78, 5) is 4.01. The molecule has 0 saturated carbocycles. The summed E-state index contributed by atoms with van der Waals surface area (Å²) in [5.41, 5.74) is 1.27. The molecule has 0 aliphatic rings. The molecule has 1 heterocycles. The first-order valence-electron chi connectivity index (χ1n) is 6.05. The van der Waals surface area contributed by atoms with Gasteiger partial charge in [0, 0.05) is 31.6 Å². The zero-order chi connectivity index (χ0) is 11.6. The monoisotopic (exact) mass is 222 g/mol. The first kappa shape index (κ1) is 13.1. The van der Waals surface area contributed by atoms with Gasteiger partial charge in [-0.05, 0) is 31.0 Å². The van der Waals surface area contributed by atoms with Crippen LogP contribution in [0.5, 0.6) is 0 Å². The molecule has 0 bridgehead atoms. The van der Waals surface area contributed by atoms with Crippen molar-refractivity contribution in [2.45, 2.75) is 32.7 Å². The highest BCUT2D eigenvalue weighted by atomic mass is 16.5. The zero-order valence-electron chi connectivity index (χ0n) is 10.3. The molecule has 0 spiro atoms. The van der Waals surface area contributed by atoms with Gasteiger partial charge in [0.15, 0.2) is 0 Å². The van der Waals surface area contributed by atoms with Gasteiger partial charge in [-0.25, -0.2) is 0 Å². The van der Waals surface area contributed by atoms with Crippen LogP contribution in [0.3, 0.4) is 0 Å². The van der Waals surface area contributed by atoms with Gasteiger partial charge in [0.25, 0.3) is 0 Å². The van der Waals surface area contributed by atoms with Gasteiger partial charge in [0.1, 0.15) is 0 Å². The Hall–Kier alpha value is -0.930. The third-order valence-corrected chi connectivity index (χ3v) is 2.55. The van der Waals surface area contributed by atoms with Crippen molar-refractivity contribution in [3.05, 3.63) is 30.1 Å². The number of hydrogen-bond donors (Lipinski definition) is 1. The van der Waals surface area contributed by atoms with Crippen LogP contribution in [0.1, 0.15) is 38.3 Å². The van der Waals surface area contributed by atoms with Gasteiger partial charge in [0.05, 0.1) is 6.61 Å². The molecule has 1 N–H and O–H groups in total. The number of nitrogens with one attached hydrogen (secondary N) is 1. The Kier molecular flexibility index (Phi) is 6.77. The summed E-state index contributed by atoms with van der Waals surface area (Å²) in [6.45, 7) is 6.89. The largest absolute Gasteiger partial charge is 0.380 e. The summed E-state index contributed by atoms with van der Waals surface area (Å²) in [7, 11) is 0. The maximum atomic E-state index is 5.49. The van der Waals surface area contributed by atoms with E-state index in [0.29, 0.717) is 6.04 Å². The summed E-state index contributed by atoms with van der Waals surface area (Å²) in [5.74, 6) is 0. The van der Waals surface area contributed by atoms with Crippen molar-refractivity contribution in [3.8, 4) is 0 Å². The van der Waals surface area contributed by atoms with E-state index in [1.54, 1.807) is 0 Å². The second-order valence-electron chi connectivity index (χ2n) is 3.92.